The highest BCUT2D eigenvalue weighted by molar-refractivity contribution is 6.34. The molecule has 5 nitrogen and oxygen atoms in total. The van der Waals surface area contributed by atoms with Crippen molar-refractivity contribution >= 4 is 23.2 Å². The quantitative estimate of drug-likeness (QED) is 0.748. The molecular formula is C18H13ClN2O3. The van der Waals surface area contributed by atoms with Gasteiger partial charge in [0.25, 0.3) is 5.91 Å². The van der Waals surface area contributed by atoms with Gasteiger partial charge in [-0.1, -0.05) is 35.0 Å². The second kappa shape index (κ2) is 5.69. The Kier molecular flexibility index (Phi) is 3.50. The third kappa shape index (κ3) is 2.43. The molecule has 0 radical (unpaired) electrons. The van der Waals surface area contributed by atoms with E-state index in [1.54, 1.807) is 12.1 Å². The van der Waals surface area contributed by atoms with Crippen LogP contribution in [-0.2, 0) is 6.61 Å². The Labute approximate surface area is 143 Å². The third-order valence-corrected chi connectivity index (χ3v) is 4.19. The molecule has 4 rings (SSSR count). The van der Waals surface area contributed by atoms with Crippen molar-refractivity contribution in [2.24, 2.45) is 0 Å². The number of hydrogen-bond acceptors (Lipinski definition) is 4. The van der Waals surface area contributed by atoms with E-state index in [4.69, 9.17) is 20.9 Å². The van der Waals surface area contributed by atoms with Gasteiger partial charge in [0.2, 0.25) is 0 Å². The number of carbonyl (C=O) groups excluding carboxylic acids is 1. The van der Waals surface area contributed by atoms with Crippen LogP contribution in [0.1, 0.15) is 21.6 Å². The first-order chi connectivity index (χ1) is 11.6. The molecule has 0 bridgehead atoms. The number of nitrogens with one attached hydrogen (secondary N) is 1. The van der Waals surface area contributed by atoms with Crippen LogP contribution < -0.4 is 10.1 Å². The molecule has 120 valence electrons. The highest BCUT2D eigenvalue weighted by Gasteiger charge is 2.28. The zero-order chi connectivity index (χ0) is 16.7. The molecule has 1 aromatic heterocycles. The summed E-state index contributed by atoms with van der Waals surface area (Å²) in [4.78, 5) is 12.5. The molecule has 0 unspecified atom stereocenters. The van der Waals surface area contributed by atoms with Gasteiger partial charge < -0.3 is 14.6 Å². The number of anilines is 1. The molecule has 0 saturated heterocycles. The molecule has 0 aliphatic carbocycles. The molecule has 1 amide bonds. The van der Waals surface area contributed by atoms with Crippen LogP contribution in [0.2, 0.25) is 5.02 Å². The van der Waals surface area contributed by atoms with Crippen LogP contribution in [0.4, 0.5) is 5.69 Å². The number of aromatic nitrogens is 1. The van der Waals surface area contributed by atoms with Gasteiger partial charge in [-0.05, 0) is 36.8 Å². The fourth-order valence-electron chi connectivity index (χ4n) is 2.67. The lowest BCUT2D eigenvalue weighted by molar-refractivity contribution is 0.101. The van der Waals surface area contributed by atoms with E-state index in [-0.39, 0.29) is 18.2 Å². The lowest BCUT2D eigenvalue weighted by Gasteiger charge is -2.16. The minimum atomic E-state index is -0.381. The van der Waals surface area contributed by atoms with Gasteiger partial charge in [0.15, 0.2) is 11.5 Å². The van der Waals surface area contributed by atoms with Crippen molar-refractivity contribution in [2.45, 2.75) is 13.5 Å². The number of ether oxygens (including phenoxy) is 1. The van der Waals surface area contributed by atoms with E-state index >= 15 is 0 Å². The number of benzene rings is 2. The molecule has 2 aromatic carbocycles. The minimum absolute atomic E-state index is 0.205. The molecule has 0 atom stereocenters. The van der Waals surface area contributed by atoms with Crippen LogP contribution in [0.25, 0.3) is 11.3 Å². The molecule has 6 heteroatoms. The number of aryl methyl sites for hydroxylation is 1. The summed E-state index contributed by atoms with van der Waals surface area (Å²) >= 11 is 6.16. The van der Waals surface area contributed by atoms with Crippen LogP contribution in [0, 0.1) is 6.92 Å². The van der Waals surface area contributed by atoms with Crippen LogP contribution in [0.5, 0.6) is 5.75 Å². The number of nitrogens with zero attached hydrogens (tertiary/aromatic N) is 1. The summed E-state index contributed by atoms with van der Waals surface area (Å²) < 4.78 is 11.1. The number of halogens is 1. The first-order valence-corrected chi connectivity index (χ1v) is 7.79. The number of rotatable bonds is 2. The largest absolute Gasteiger partial charge is 0.488 e. The van der Waals surface area contributed by atoms with Crippen LogP contribution >= 0.6 is 11.6 Å². The average molecular weight is 341 g/mol. The smallest absolute Gasteiger partial charge is 0.278 e. The average Bonchev–Trinajstić information content (AvgIpc) is 3.02. The van der Waals surface area contributed by atoms with Crippen molar-refractivity contribution in [3.05, 3.63) is 64.3 Å². The second-order valence-electron chi connectivity index (χ2n) is 5.56. The Hall–Kier alpha value is -2.79. The number of para-hydroxylation sites is 1. The Morgan fingerprint density at radius 1 is 1.25 bits per heavy atom. The van der Waals surface area contributed by atoms with E-state index < -0.39 is 0 Å². The van der Waals surface area contributed by atoms with Crippen molar-refractivity contribution in [1.82, 2.24) is 5.16 Å². The van der Waals surface area contributed by atoms with E-state index in [1.165, 1.54) is 0 Å². The predicted octanol–water partition coefficient (Wildman–Crippen LogP) is 4.45. The maximum atomic E-state index is 12.5. The standard InChI is InChI=1S/C18H13ClN2O3/c1-10-6-7-14(13(19)8-10)20-18(22)16-12-9-23-15-5-3-2-4-11(15)17(12)24-21-16/h2-8H,9H2,1H3,(H,20,22). The molecule has 0 fully saturated rings. The van der Waals surface area contributed by atoms with Gasteiger partial charge in [0, 0.05) is 0 Å². The van der Waals surface area contributed by atoms with Gasteiger partial charge in [0.1, 0.15) is 12.4 Å². The molecule has 24 heavy (non-hydrogen) atoms. The number of carbonyl (C=O) groups is 1. The van der Waals surface area contributed by atoms with Crippen molar-refractivity contribution in [2.75, 3.05) is 5.32 Å². The van der Waals surface area contributed by atoms with E-state index in [0.717, 1.165) is 16.9 Å². The molecule has 0 saturated carbocycles. The second-order valence-corrected chi connectivity index (χ2v) is 5.97. The number of amides is 1. The van der Waals surface area contributed by atoms with Crippen LogP contribution in [0.15, 0.2) is 47.0 Å². The molecule has 1 aliphatic heterocycles. The minimum Gasteiger partial charge on any atom is -0.488 e. The van der Waals surface area contributed by atoms with Crippen molar-refractivity contribution < 1.29 is 14.1 Å². The molecule has 1 N–H and O–H groups in total. The molecule has 0 spiro atoms. The lowest BCUT2D eigenvalue weighted by atomic mass is 10.0. The summed E-state index contributed by atoms with van der Waals surface area (Å²) in [7, 11) is 0. The number of hydrogen-bond donors (Lipinski definition) is 1. The van der Waals surface area contributed by atoms with Gasteiger partial charge in [-0.3, -0.25) is 4.79 Å². The highest BCUT2D eigenvalue weighted by atomic mass is 35.5. The van der Waals surface area contributed by atoms with Gasteiger partial charge in [-0.15, -0.1) is 0 Å². The van der Waals surface area contributed by atoms with E-state index in [1.807, 2.05) is 37.3 Å². The first-order valence-electron chi connectivity index (χ1n) is 7.42. The summed E-state index contributed by atoms with van der Waals surface area (Å²) in [5.74, 6) is 0.903. The van der Waals surface area contributed by atoms with Gasteiger partial charge in [-0.2, -0.15) is 0 Å². The highest BCUT2D eigenvalue weighted by Crippen LogP contribution is 2.38. The maximum absolute atomic E-state index is 12.5. The van der Waals surface area contributed by atoms with Gasteiger partial charge in [-0.25, -0.2) is 0 Å². The predicted molar refractivity (Wildman–Crippen MR) is 90.4 cm³/mol. The maximum Gasteiger partial charge on any atom is 0.278 e. The van der Waals surface area contributed by atoms with E-state index in [9.17, 15) is 4.79 Å². The molecular weight excluding hydrogens is 328 g/mol. The van der Waals surface area contributed by atoms with Gasteiger partial charge in [0.05, 0.1) is 21.8 Å². The molecule has 1 aliphatic rings. The number of fused-ring (bicyclic) bond motifs is 3. The Balaban J connectivity index is 1.67. The zero-order valence-electron chi connectivity index (χ0n) is 12.8. The van der Waals surface area contributed by atoms with Crippen LogP contribution in [-0.4, -0.2) is 11.1 Å². The van der Waals surface area contributed by atoms with E-state index in [2.05, 4.69) is 10.5 Å². The van der Waals surface area contributed by atoms with Crippen molar-refractivity contribution in [1.29, 1.82) is 0 Å². The summed E-state index contributed by atoms with van der Waals surface area (Å²) in [5.41, 5.74) is 3.17. The van der Waals surface area contributed by atoms with Crippen LogP contribution in [0.3, 0.4) is 0 Å². The lowest BCUT2D eigenvalue weighted by Crippen LogP contribution is -2.16. The van der Waals surface area contributed by atoms with Crippen molar-refractivity contribution in [3.8, 4) is 17.1 Å². The third-order valence-electron chi connectivity index (χ3n) is 3.88. The summed E-state index contributed by atoms with van der Waals surface area (Å²) in [6.07, 6.45) is 0. The summed E-state index contributed by atoms with van der Waals surface area (Å²) in [5, 5.41) is 7.17. The van der Waals surface area contributed by atoms with E-state index in [0.29, 0.717) is 22.0 Å². The Morgan fingerprint density at radius 2 is 2.08 bits per heavy atom. The SMILES string of the molecule is Cc1ccc(NC(=O)c2noc3c2COc2ccccc2-3)c(Cl)c1. The fraction of sp³-hybridized carbons (Fsp3) is 0.111. The molecule has 3 aromatic rings. The Morgan fingerprint density at radius 3 is 2.92 bits per heavy atom. The monoisotopic (exact) mass is 340 g/mol. The fourth-order valence-corrected chi connectivity index (χ4v) is 2.95. The first kappa shape index (κ1) is 14.8. The summed E-state index contributed by atoms with van der Waals surface area (Å²) in [6, 6.07) is 12.9. The van der Waals surface area contributed by atoms with Crippen molar-refractivity contribution in [3.63, 3.8) is 0 Å². The molecule has 2 heterocycles. The summed E-state index contributed by atoms with van der Waals surface area (Å²) in [6.45, 7) is 2.17. The zero-order valence-corrected chi connectivity index (χ0v) is 13.6. The Bertz CT molecular complexity index is 949. The normalized spacial score (nSPS) is 12.1. The topological polar surface area (TPSA) is 64.4 Å². The van der Waals surface area contributed by atoms with Gasteiger partial charge >= 0.3 is 0 Å².